The molecule has 1 aromatic carbocycles. The summed E-state index contributed by atoms with van der Waals surface area (Å²) in [4.78, 5) is 4.42. The maximum atomic E-state index is 12.7. The Morgan fingerprint density at radius 1 is 1.28 bits per heavy atom. The smallest absolute Gasteiger partial charge is 0.395 e. The van der Waals surface area contributed by atoms with Crippen molar-refractivity contribution in [1.82, 2.24) is 24.4 Å². The van der Waals surface area contributed by atoms with E-state index in [2.05, 4.69) is 15.2 Å². The zero-order valence-electron chi connectivity index (χ0n) is 12.5. The molecule has 25 heavy (non-hydrogen) atoms. The van der Waals surface area contributed by atoms with Crippen molar-refractivity contribution in [1.29, 1.82) is 0 Å². The molecule has 0 amide bonds. The lowest BCUT2D eigenvalue weighted by Gasteiger charge is -2.08. The molecule has 0 bridgehead atoms. The summed E-state index contributed by atoms with van der Waals surface area (Å²) in [5, 5.41) is 16.2. The first kappa shape index (κ1) is 17.8. The molecule has 0 unspecified atom stereocenters. The van der Waals surface area contributed by atoms with Crippen molar-refractivity contribution in [3.05, 3.63) is 34.9 Å². The van der Waals surface area contributed by atoms with Gasteiger partial charge in [-0.05, 0) is 18.2 Å². The van der Waals surface area contributed by atoms with Crippen LogP contribution >= 0.6 is 23.4 Å². The minimum atomic E-state index is -4.68. The molecule has 12 heteroatoms. The molecule has 0 saturated carbocycles. The Kier molecular flexibility index (Phi) is 4.80. The Labute approximate surface area is 148 Å². The van der Waals surface area contributed by atoms with Crippen LogP contribution in [0.3, 0.4) is 0 Å². The van der Waals surface area contributed by atoms with Crippen molar-refractivity contribution in [2.45, 2.75) is 23.6 Å². The highest BCUT2D eigenvalue weighted by atomic mass is 35.5. The predicted molar refractivity (Wildman–Crippen MR) is 86.6 cm³/mol. The molecule has 0 aliphatic heterocycles. The summed E-state index contributed by atoms with van der Waals surface area (Å²) in [5.41, 5.74) is 1.39. The van der Waals surface area contributed by atoms with E-state index in [-0.39, 0.29) is 24.1 Å². The molecule has 0 fully saturated rings. The number of hydrogen-bond acceptors (Lipinski definition) is 6. The first-order valence-corrected chi connectivity index (χ1v) is 8.33. The first-order chi connectivity index (χ1) is 11.8. The average molecular weight is 393 g/mol. The molecule has 0 aliphatic rings. The van der Waals surface area contributed by atoms with Gasteiger partial charge in [0.05, 0.1) is 23.4 Å². The van der Waals surface area contributed by atoms with Gasteiger partial charge in [0, 0.05) is 11.6 Å². The third-order valence-corrected chi connectivity index (χ3v) is 4.54. The third-order valence-electron chi connectivity index (χ3n) is 3.36. The fourth-order valence-electron chi connectivity index (χ4n) is 2.30. The fraction of sp³-hybridized carbons (Fsp3) is 0.308. The molecule has 0 saturated heterocycles. The van der Waals surface area contributed by atoms with E-state index >= 15 is 0 Å². The van der Waals surface area contributed by atoms with Gasteiger partial charge < -0.3 is 15.5 Å². The zero-order chi connectivity index (χ0) is 18.2. The molecule has 0 atom stereocenters. The molecular formula is C13H12ClF3N6OS. The maximum Gasteiger partial charge on any atom is 0.453 e. The lowest BCUT2D eigenvalue weighted by molar-refractivity contribution is -0.146. The van der Waals surface area contributed by atoms with Gasteiger partial charge in [-0.3, -0.25) is 0 Å². The molecule has 0 aliphatic carbocycles. The number of nitrogen functional groups attached to an aromatic ring is 1. The van der Waals surface area contributed by atoms with Crippen molar-refractivity contribution in [2.75, 3.05) is 12.4 Å². The monoisotopic (exact) mass is 392 g/mol. The number of benzene rings is 1. The molecule has 0 radical (unpaired) electrons. The number of imidazole rings is 1. The zero-order valence-corrected chi connectivity index (χ0v) is 14.1. The van der Waals surface area contributed by atoms with Gasteiger partial charge in [-0.15, -0.1) is 10.2 Å². The molecule has 3 N–H and O–H groups in total. The topological polar surface area (TPSA) is 94.8 Å². The second-order valence-electron chi connectivity index (χ2n) is 5.00. The van der Waals surface area contributed by atoms with Crippen LogP contribution in [0.1, 0.15) is 11.6 Å². The van der Waals surface area contributed by atoms with Crippen molar-refractivity contribution in [2.24, 2.45) is 0 Å². The first-order valence-electron chi connectivity index (χ1n) is 6.97. The van der Waals surface area contributed by atoms with Crippen molar-refractivity contribution in [3.63, 3.8) is 0 Å². The van der Waals surface area contributed by atoms with Crippen LogP contribution in [0.25, 0.3) is 11.0 Å². The standard InChI is InChI=1S/C13H12ClF3N6OS/c14-7-1-2-8-9(5-7)22(3-4-24)10(19-8)6-25-12-21-20-11(23(12)18)13(15,16)17/h1-2,5,24H,3-4,6,18H2. The predicted octanol–water partition coefficient (Wildman–Crippen LogP) is 2.30. The summed E-state index contributed by atoms with van der Waals surface area (Å²) in [7, 11) is 0. The highest BCUT2D eigenvalue weighted by Crippen LogP contribution is 2.30. The van der Waals surface area contributed by atoms with E-state index in [1.165, 1.54) is 0 Å². The number of thioether (sulfide) groups is 1. The van der Waals surface area contributed by atoms with Gasteiger partial charge >= 0.3 is 6.18 Å². The van der Waals surface area contributed by atoms with Gasteiger partial charge in [-0.1, -0.05) is 23.4 Å². The van der Waals surface area contributed by atoms with Crippen LogP contribution in [0.15, 0.2) is 23.4 Å². The summed E-state index contributed by atoms with van der Waals surface area (Å²) >= 11 is 6.95. The number of aliphatic hydroxyl groups is 1. The van der Waals surface area contributed by atoms with E-state index in [4.69, 9.17) is 17.4 Å². The Hall–Kier alpha value is -1.98. The van der Waals surface area contributed by atoms with Crippen LogP contribution in [0.5, 0.6) is 0 Å². The van der Waals surface area contributed by atoms with E-state index in [0.29, 0.717) is 21.0 Å². The molecule has 2 heterocycles. The Balaban J connectivity index is 1.89. The lowest BCUT2D eigenvalue weighted by atomic mass is 10.3. The average Bonchev–Trinajstić information content (AvgIpc) is 3.06. The van der Waals surface area contributed by atoms with Crippen LogP contribution in [-0.4, -0.2) is 36.1 Å². The number of halogens is 4. The van der Waals surface area contributed by atoms with Gasteiger partial charge in [0.15, 0.2) is 0 Å². The third kappa shape index (κ3) is 3.53. The van der Waals surface area contributed by atoms with E-state index in [1.54, 1.807) is 22.8 Å². The number of hydrogen-bond donors (Lipinski definition) is 2. The molecule has 2 aromatic heterocycles. The summed E-state index contributed by atoms with van der Waals surface area (Å²) in [6.07, 6.45) is -4.68. The van der Waals surface area contributed by atoms with Crippen molar-refractivity contribution >= 4 is 34.4 Å². The summed E-state index contributed by atoms with van der Waals surface area (Å²) in [6.45, 7) is 0.150. The highest BCUT2D eigenvalue weighted by molar-refractivity contribution is 7.98. The lowest BCUT2D eigenvalue weighted by Crippen LogP contribution is -2.21. The molecule has 7 nitrogen and oxygen atoms in total. The Morgan fingerprint density at radius 2 is 2.04 bits per heavy atom. The van der Waals surface area contributed by atoms with Crippen molar-refractivity contribution in [3.8, 4) is 0 Å². The van der Waals surface area contributed by atoms with E-state index in [0.717, 1.165) is 17.3 Å². The van der Waals surface area contributed by atoms with Crippen LogP contribution in [0.2, 0.25) is 5.02 Å². The van der Waals surface area contributed by atoms with Gasteiger partial charge in [-0.25, -0.2) is 9.66 Å². The van der Waals surface area contributed by atoms with Gasteiger partial charge in [0.2, 0.25) is 5.16 Å². The molecule has 134 valence electrons. The SMILES string of the molecule is Nn1c(SCc2nc3ccc(Cl)cc3n2CCO)nnc1C(F)(F)F. The fourth-order valence-corrected chi connectivity index (χ4v) is 3.27. The molecule has 3 rings (SSSR count). The quantitative estimate of drug-likeness (QED) is 0.511. The van der Waals surface area contributed by atoms with Crippen LogP contribution < -0.4 is 5.84 Å². The minimum Gasteiger partial charge on any atom is -0.395 e. The summed E-state index contributed by atoms with van der Waals surface area (Å²) in [6, 6.07) is 5.12. The summed E-state index contributed by atoms with van der Waals surface area (Å²) < 4.78 is 40.2. The number of nitrogens with two attached hydrogens (primary N) is 1. The molecular weight excluding hydrogens is 381 g/mol. The Bertz CT molecular complexity index is 909. The number of fused-ring (bicyclic) bond motifs is 1. The number of aliphatic hydroxyl groups excluding tert-OH is 1. The minimum absolute atomic E-state index is 0.0899. The van der Waals surface area contributed by atoms with E-state index in [1.807, 2.05) is 0 Å². The van der Waals surface area contributed by atoms with Gasteiger partial charge in [-0.2, -0.15) is 13.2 Å². The normalized spacial score (nSPS) is 12.2. The van der Waals surface area contributed by atoms with Crippen LogP contribution in [0, 0.1) is 0 Å². The Morgan fingerprint density at radius 3 is 2.68 bits per heavy atom. The largest absolute Gasteiger partial charge is 0.453 e. The number of rotatable bonds is 5. The number of nitrogens with zero attached hydrogens (tertiary/aromatic N) is 5. The summed E-state index contributed by atoms with van der Waals surface area (Å²) in [5.74, 6) is 4.88. The van der Waals surface area contributed by atoms with E-state index in [9.17, 15) is 18.3 Å². The number of aromatic nitrogens is 5. The van der Waals surface area contributed by atoms with Gasteiger partial charge in [0.25, 0.3) is 5.82 Å². The highest BCUT2D eigenvalue weighted by Gasteiger charge is 2.38. The van der Waals surface area contributed by atoms with Crippen molar-refractivity contribution < 1.29 is 18.3 Å². The van der Waals surface area contributed by atoms with E-state index < -0.39 is 12.0 Å². The van der Waals surface area contributed by atoms with Gasteiger partial charge in [0.1, 0.15) is 5.82 Å². The second kappa shape index (κ2) is 6.73. The van der Waals surface area contributed by atoms with Crippen LogP contribution in [-0.2, 0) is 18.5 Å². The maximum absolute atomic E-state index is 12.7. The van der Waals surface area contributed by atoms with Crippen LogP contribution in [0.4, 0.5) is 13.2 Å². The molecule has 3 aromatic rings. The molecule has 0 spiro atoms. The number of alkyl halides is 3. The second-order valence-corrected chi connectivity index (χ2v) is 6.38.